The molecule has 1 unspecified atom stereocenters. The van der Waals surface area contributed by atoms with Crippen molar-refractivity contribution in [3.05, 3.63) is 0 Å². The van der Waals surface area contributed by atoms with Gasteiger partial charge in [0.05, 0.1) is 13.7 Å². The minimum atomic E-state index is -1.11. The molecule has 1 saturated heterocycles. The normalized spacial score (nSPS) is 14.6. The van der Waals surface area contributed by atoms with Crippen LogP contribution in [0, 0.1) is 0 Å². The number of alkyl carbamates (subject to hydrolysis) is 2. The molecular formula is C15H23N3O8. The van der Waals surface area contributed by atoms with E-state index in [-0.39, 0.29) is 25.9 Å². The number of carbonyl (C=O) groups excluding carboxylic acids is 5. The Morgan fingerprint density at radius 1 is 1.12 bits per heavy atom. The predicted octanol–water partition coefficient (Wildman–Crippen LogP) is 0.235. The Hall–Kier alpha value is -2.85. The Balaban J connectivity index is 2.49. The van der Waals surface area contributed by atoms with Crippen LogP contribution in [0.2, 0.25) is 0 Å². The second-order valence-electron chi connectivity index (χ2n) is 5.32. The first-order valence-electron chi connectivity index (χ1n) is 8.21. The van der Waals surface area contributed by atoms with Crippen molar-refractivity contribution in [3.63, 3.8) is 0 Å². The Bertz CT molecular complexity index is 535. The monoisotopic (exact) mass is 373 g/mol. The van der Waals surface area contributed by atoms with E-state index in [0.29, 0.717) is 24.4 Å². The van der Waals surface area contributed by atoms with E-state index in [1.807, 2.05) is 0 Å². The summed E-state index contributed by atoms with van der Waals surface area (Å²) in [5.41, 5.74) is 0. The highest BCUT2D eigenvalue weighted by molar-refractivity contribution is 6.01. The van der Waals surface area contributed by atoms with E-state index in [1.54, 1.807) is 6.92 Å². The number of methoxy groups -OCH3 is 1. The number of carbonyl (C=O) groups is 5. The molecule has 146 valence electrons. The Morgan fingerprint density at radius 3 is 2.35 bits per heavy atom. The summed E-state index contributed by atoms with van der Waals surface area (Å²) in [6.07, 6.45) is -0.334. The van der Waals surface area contributed by atoms with Crippen molar-refractivity contribution in [2.75, 3.05) is 20.3 Å². The molecule has 0 spiro atoms. The summed E-state index contributed by atoms with van der Waals surface area (Å²) in [6.45, 7) is 2.27. The van der Waals surface area contributed by atoms with E-state index in [9.17, 15) is 24.0 Å². The zero-order chi connectivity index (χ0) is 19.5. The molecule has 1 aliphatic rings. The second-order valence-corrected chi connectivity index (χ2v) is 5.32. The van der Waals surface area contributed by atoms with Crippen LogP contribution in [0.5, 0.6) is 0 Å². The second kappa shape index (κ2) is 10.9. The first-order chi connectivity index (χ1) is 12.4. The van der Waals surface area contributed by atoms with Crippen molar-refractivity contribution in [2.45, 2.75) is 45.1 Å². The van der Waals surface area contributed by atoms with Gasteiger partial charge in [0.15, 0.2) is 0 Å². The molecule has 0 bridgehead atoms. The molecule has 1 rings (SSSR count). The highest BCUT2D eigenvalue weighted by atomic mass is 16.7. The van der Waals surface area contributed by atoms with E-state index in [1.165, 1.54) is 0 Å². The number of nitrogens with one attached hydrogen (secondary N) is 2. The first-order valence-corrected chi connectivity index (χ1v) is 8.21. The summed E-state index contributed by atoms with van der Waals surface area (Å²) in [4.78, 5) is 62.5. The fraction of sp³-hybridized carbons (Fsp3) is 0.667. The van der Waals surface area contributed by atoms with Crippen molar-refractivity contribution < 1.29 is 38.3 Å². The van der Waals surface area contributed by atoms with Crippen LogP contribution in [0.4, 0.5) is 9.59 Å². The number of hydroxylamine groups is 2. The lowest BCUT2D eigenvalue weighted by Gasteiger charge is -2.19. The molecule has 1 atom stereocenters. The van der Waals surface area contributed by atoms with Gasteiger partial charge in [-0.1, -0.05) is 0 Å². The third kappa shape index (κ3) is 6.95. The molecule has 26 heavy (non-hydrogen) atoms. The highest BCUT2D eigenvalue weighted by Gasteiger charge is 2.35. The molecule has 4 amide bonds. The largest absolute Gasteiger partial charge is 0.453 e. The number of amides is 4. The summed E-state index contributed by atoms with van der Waals surface area (Å²) >= 11 is 0. The van der Waals surface area contributed by atoms with Gasteiger partial charge in [0.1, 0.15) is 6.04 Å². The van der Waals surface area contributed by atoms with Gasteiger partial charge in [-0.15, -0.1) is 5.06 Å². The Kier molecular flexibility index (Phi) is 8.88. The number of hydrogen-bond donors (Lipinski definition) is 2. The fourth-order valence-corrected chi connectivity index (χ4v) is 2.11. The third-order valence-corrected chi connectivity index (χ3v) is 3.41. The summed E-state index contributed by atoms with van der Waals surface area (Å²) in [7, 11) is 1.13. The van der Waals surface area contributed by atoms with Crippen molar-refractivity contribution >= 4 is 30.0 Å². The number of rotatable bonds is 9. The summed E-state index contributed by atoms with van der Waals surface area (Å²) in [6, 6.07) is -1.11. The number of ether oxygens (including phenoxy) is 2. The fourth-order valence-electron chi connectivity index (χ4n) is 2.11. The lowest BCUT2D eigenvalue weighted by atomic mass is 10.1. The molecule has 1 fully saturated rings. The Labute approximate surface area is 150 Å². The first kappa shape index (κ1) is 21.2. The van der Waals surface area contributed by atoms with Crippen LogP contribution in [0.3, 0.4) is 0 Å². The predicted molar refractivity (Wildman–Crippen MR) is 85.4 cm³/mol. The molecule has 0 saturated carbocycles. The van der Waals surface area contributed by atoms with Crippen molar-refractivity contribution in [3.8, 4) is 0 Å². The maximum atomic E-state index is 12.2. The lowest BCUT2D eigenvalue weighted by Crippen LogP contribution is -2.45. The highest BCUT2D eigenvalue weighted by Crippen LogP contribution is 2.14. The van der Waals surface area contributed by atoms with Gasteiger partial charge in [0.2, 0.25) is 0 Å². The topological polar surface area (TPSA) is 140 Å². The number of nitrogens with zero attached hydrogens (tertiary/aromatic N) is 1. The minimum Gasteiger partial charge on any atom is -0.453 e. The van der Waals surface area contributed by atoms with Gasteiger partial charge in [-0.25, -0.2) is 14.4 Å². The van der Waals surface area contributed by atoms with E-state index in [0.717, 1.165) is 7.11 Å². The van der Waals surface area contributed by atoms with E-state index < -0.39 is 36.0 Å². The van der Waals surface area contributed by atoms with Crippen LogP contribution in [-0.2, 0) is 28.7 Å². The van der Waals surface area contributed by atoms with Gasteiger partial charge in [-0.05, 0) is 26.2 Å². The molecular weight excluding hydrogens is 350 g/mol. The van der Waals surface area contributed by atoms with Crippen molar-refractivity contribution in [1.82, 2.24) is 15.7 Å². The summed E-state index contributed by atoms with van der Waals surface area (Å²) in [5.74, 6) is -2.17. The molecule has 0 aliphatic carbocycles. The van der Waals surface area contributed by atoms with Gasteiger partial charge in [-0.3, -0.25) is 9.59 Å². The number of unbranched alkanes of at least 4 members (excludes halogenated alkanes) is 1. The molecule has 0 aromatic heterocycles. The van der Waals surface area contributed by atoms with Gasteiger partial charge in [-0.2, -0.15) is 0 Å². The molecule has 2 N–H and O–H groups in total. The number of imide groups is 1. The van der Waals surface area contributed by atoms with Crippen molar-refractivity contribution in [1.29, 1.82) is 0 Å². The maximum absolute atomic E-state index is 12.2. The van der Waals surface area contributed by atoms with Crippen LogP contribution in [0.1, 0.15) is 39.0 Å². The lowest BCUT2D eigenvalue weighted by molar-refractivity contribution is -0.199. The van der Waals surface area contributed by atoms with Crippen LogP contribution >= 0.6 is 0 Å². The molecule has 1 heterocycles. The average Bonchev–Trinajstić information content (AvgIpc) is 2.92. The molecule has 0 aromatic rings. The van der Waals surface area contributed by atoms with Crippen LogP contribution < -0.4 is 10.6 Å². The molecule has 0 aromatic carbocycles. The molecule has 11 nitrogen and oxygen atoms in total. The van der Waals surface area contributed by atoms with Gasteiger partial charge in [0.25, 0.3) is 11.8 Å². The quantitative estimate of drug-likeness (QED) is 0.432. The van der Waals surface area contributed by atoms with Gasteiger partial charge >= 0.3 is 18.2 Å². The van der Waals surface area contributed by atoms with Crippen molar-refractivity contribution in [2.24, 2.45) is 0 Å². The third-order valence-electron chi connectivity index (χ3n) is 3.41. The van der Waals surface area contributed by atoms with E-state index in [2.05, 4.69) is 15.4 Å². The zero-order valence-electron chi connectivity index (χ0n) is 14.7. The maximum Gasteiger partial charge on any atom is 0.407 e. The summed E-state index contributed by atoms with van der Waals surface area (Å²) < 4.78 is 9.15. The molecule has 11 heteroatoms. The van der Waals surface area contributed by atoms with Gasteiger partial charge < -0.3 is 24.9 Å². The van der Waals surface area contributed by atoms with Crippen LogP contribution in [0.25, 0.3) is 0 Å². The smallest absolute Gasteiger partial charge is 0.407 e. The number of hydrogen-bond acceptors (Lipinski definition) is 8. The zero-order valence-corrected chi connectivity index (χ0v) is 14.7. The molecule has 1 aliphatic heterocycles. The SMILES string of the molecule is CCOC(=O)NCCCCC(NC(=O)OC)C(=O)ON1C(=O)CCC1=O. The Morgan fingerprint density at radius 2 is 1.77 bits per heavy atom. The standard InChI is InChI=1S/C15H23N3O8/c1-3-25-14(22)16-9-5-4-6-10(17-15(23)24-2)13(21)26-18-11(19)7-8-12(18)20/h10H,3-9H2,1-2H3,(H,16,22)(H,17,23). The minimum absolute atomic E-state index is 0.0270. The van der Waals surface area contributed by atoms with Crippen LogP contribution in [-0.4, -0.2) is 61.3 Å². The molecule has 0 radical (unpaired) electrons. The van der Waals surface area contributed by atoms with E-state index in [4.69, 9.17) is 9.57 Å². The summed E-state index contributed by atoms with van der Waals surface area (Å²) in [5, 5.41) is 5.23. The van der Waals surface area contributed by atoms with Crippen LogP contribution in [0.15, 0.2) is 0 Å². The van der Waals surface area contributed by atoms with E-state index >= 15 is 0 Å². The average molecular weight is 373 g/mol. The van der Waals surface area contributed by atoms with Gasteiger partial charge in [0, 0.05) is 19.4 Å².